The summed E-state index contributed by atoms with van der Waals surface area (Å²) < 4.78 is 12.4. The Morgan fingerprint density at radius 1 is 0.935 bits per heavy atom. The van der Waals surface area contributed by atoms with Crippen LogP contribution in [0.4, 0.5) is 21.1 Å². The van der Waals surface area contributed by atoms with Crippen LogP contribution in [0.15, 0.2) is 42.6 Å². The summed E-state index contributed by atoms with van der Waals surface area (Å²) in [6, 6.07) is 10.8. The Hall–Kier alpha value is -3.62. The van der Waals surface area contributed by atoms with E-state index >= 15 is 0 Å². The third-order valence-electron chi connectivity index (χ3n) is 4.01. The van der Waals surface area contributed by atoms with Gasteiger partial charge in [-0.1, -0.05) is 23.4 Å². The highest BCUT2D eigenvalue weighted by Gasteiger charge is 2.36. The van der Waals surface area contributed by atoms with Crippen molar-refractivity contribution in [1.29, 1.82) is 0 Å². The van der Waals surface area contributed by atoms with Crippen LogP contribution in [0.25, 0.3) is 16.6 Å². The van der Waals surface area contributed by atoms with E-state index in [2.05, 4.69) is 10.3 Å². The van der Waals surface area contributed by atoms with Gasteiger partial charge >= 0.3 is 12.2 Å². The lowest BCUT2D eigenvalue weighted by Crippen LogP contribution is -2.44. The van der Waals surface area contributed by atoms with Crippen molar-refractivity contribution in [1.82, 2.24) is 14.8 Å². The van der Waals surface area contributed by atoms with Crippen LogP contribution in [-0.2, 0) is 9.47 Å². The summed E-state index contributed by atoms with van der Waals surface area (Å²) in [7, 11) is 0. The number of nitrogens with two attached hydrogens (primary N) is 1. The van der Waals surface area contributed by atoms with Crippen molar-refractivity contribution >= 4 is 29.2 Å². The molecule has 0 unspecified atom stereocenters. The average molecular weight is 425 g/mol. The van der Waals surface area contributed by atoms with Gasteiger partial charge in [0.15, 0.2) is 5.82 Å². The molecule has 31 heavy (non-hydrogen) atoms. The van der Waals surface area contributed by atoms with E-state index in [1.165, 1.54) is 4.52 Å². The maximum Gasteiger partial charge on any atom is 0.425 e. The molecule has 0 saturated heterocycles. The Bertz CT molecular complexity index is 1080. The molecule has 0 saturated carbocycles. The number of pyridine rings is 1. The lowest BCUT2D eigenvalue weighted by Gasteiger charge is -2.27. The van der Waals surface area contributed by atoms with E-state index in [0.29, 0.717) is 16.8 Å². The number of hydrogen-bond acceptors (Lipinski definition) is 7. The Morgan fingerprint density at radius 3 is 2.00 bits per heavy atom. The van der Waals surface area contributed by atoms with Crippen LogP contribution in [0, 0.1) is 0 Å². The molecule has 0 aliphatic carbocycles. The molecule has 0 atom stereocenters. The number of carbonyl (C=O) groups is 2. The van der Waals surface area contributed by atoms with Gasteiger partial charge in [-0.05, 0) is 65.3 Å². The second kappa shape index (κ2) is 7.90. The normalized spacial score (nSPS) is 11.9. The minimum Gasteiger partial charge on any atom is -0.443 e. The molecule has 0 bridgehead atoms. The van der Waals surface area contributed by atoms with Gasteiger partial charge in [0.05, 0.1) is 0 Å². The number of hydrogen-bond donors (Lipinski definition) is 1. The molecule has 164 valence electrons. The number of nitrogen functional groups attached to an aromatic ring is 1. The molecule has 2 amide bonds. The molecule has 9 nitrogen and oxygen atoms in total. The van der Waals surface area contributed by atoms with Gasteiger partial charge in [-0.15, -0.1) is 5.10 Å². The molecule has 0 aliphatic heterocycles. The van der Waals surface area contributed by atoms with Gasteiger partial charge in [-0.25, -0.2) is 14.1 Å². The second-order valence-corrected chi connectivity index (χ2v) is 9.05. The van der Waals surface area contributed by atoms with E-state index in [-0.39, 0.29) is 5.82 Å². The van der Waals surface area contributed by atoms with Gasteiger partial charge in [0.1, 0.15) is 16.7 Å². The fourth-order valence-corrected chi connectivity index (χ4v) is 2.84. The molecule has 2 heterocycles. The number of nitrogens with zero attached hydrogens (tertiary/aromatic N) is 4. The first-order chi connectivity index (χ1) is 14.4. The van der Waals surface area contributed by atoms with Gasteiger partial charge in [0.25, 0.3) is 0 Å². The maximum atomic E-state index is 13.0. The number of fused-ring (bicyclic) bond motifs is 1. The summed E-state index contributed by atoms with van der Waals surface area (Å²) in [6.07, 6.45) is -0.137. The van der Waals surface area contributed by atoms with Crippen molar-refractivity contribution in [3.63, 3.8) is 0 Å². The highest BCUT2D eigenvalue weighted by molar-refractivity contribution is 6.12. The summed E-state index contributed by atoms with van der Waals surface area (Å²) >= 11 is 0. The van der Waals surface area contributed by atoms with Crippen LogP contribution in [0.3, 0.4) is 0 Å². The molecular formula is C22H27N5O4. The SMILES string of the molecule is CC(C)(C)OC(=O)N(C(=O)OC(C)(C)C)c1nnn2cccc(-c3ccc(N)cc3)c12. The second-order valence-electron chi connectivity index (χ2n) is 9.05. The van der Waals surface area contributed by atoms with Crippen LogP contribution in [-0.4, -0.2) is 38.2 Å². The van der Waals surface area contributed by atoms with Crippen molar-refractivity contribution in [2.45, 2.75) is 52.7 Å². The van der Waals surface area contributed by atoms with Gasteiger partial charge in [0, 0.05) is 17.4 Å². The highest BCUT2D eigenvalue weighted by atomic mass is 16.6. The number of imide groups is 1. The number of benzene rings is 1. The molecule has 2 aromatic heterocycles. The van der Waals surface area contributed by atoms with Crippen LogP contribution >= 0.6 is 0 Å². The van der Waals surface area contributed by atoms with Crippen LogP contribution in [0.5, 0.6) is 0 Å². The quantitative estimate of drug-likeness (QED) is 0.594. The van der Waals surface area contributed by atoms with E-state index in [1.54, 1.807) is 65.9 Å². The first-order valence-electron chi connectivity index (χ1n) is 9.82. The van der Waals surface area contributed by atoms with Crippen molar-refractivity contribution in [3.05, 3.63) is 42.6 Å². The van der Waals surface area contributed by atoms with Crippen molar-refractivity contribution in [3.8, 4) is 11.1 Å². The zero-order valence-electron chi connectivity index (χ0n) is 18.5. The first kappa shape index (κ1) is 22.1. The third kappa shape index (κ3) is 5.11. The average Bonchev–Trinajstić information content (AvgIpc) is 3.03. The lowest BCUT2D eigenvalue weighted by atomic mass is 10.1. The summed E-state index contributed by atoms with van der Waals surface area (Å²) in [6.45, 7) is 10.3. The molecule has 9 heteroatoms. The topological polar surface area (TPSA) is 112 Å². The predicted octanol–water partition coefficient (Wildman–Crippen LogP) is 4.66. The summed E-state index contributed by atoms with van der Waals surface area (Å²) in [5, 5.41) is 8.20. The number of aromatic nitrogens is 3. The molecule has 0 fully saturated rings. The largest absolute Gasteiger partial charge is 0.443 e. The molecule has 0 spiro atoms. The highest BCUT2D eigenvalue weighted by Crippen LogP contribution is 2.32. The van der Waals surface area contributed by atoms with Gasteiger partial charge < -0.3 is 15.2 Å². The Morgan fingerprint density at radius 2 is 1.48 bits per heavy atom. The fraction of sp³-hybridized carbons (Fsp3) is 0.364. The van der Waals surface area contributed by atoms with Crippen molar-refractivity contribution in [2.75, 3.05) is 10.6 Å². The van der Waals surface area contributed by atoms with Gasteiger partial charge in [-0.3, -0.25) is 0 Å². The number of carbonyl (C=O) groups excluding carboxylic acids is 2. The zero-order chi connectivity index (χ0) is 23.0. The predicted molar refractivity (Wildman–Crippen MR) is 118 cm³/mol. The number of amides is 2. The molecule has 2 N–H and O–H groups in total. The number of rotatable bonds is 2. The smallest absolute Gasteiger partial charge is 0.425 e. The minimum absolute atomic E-state index is 0.0101. The monoisotopic (exact) mass is 425 g/mol. The molecule has 1 aromatic carbocycles. The molecule has 3 aromatic rings. The Labute approximate surface area is 180 Å². The zero-order valence-corrected chi connectivity index (χ0v) is 18.5. The van der Waals surface area contributed by atoms with Gasteiger partial charge in [-0.2, -0.15) is 4.90 Å². The molecule has 3 rings (SSSR count). The van der Waals surface area contributed by atoms with Crippen LogP contribution in [0.1, 0.15) is 41.5 Å². The van der Waals surface area contributed by atoms with Crippen molar-refractivity contribution < 1.29 is 19.1 Å². The molecule has 0 aliphatic rings. The van der Waals surface area contributed by atoms with Crippen molar-refractivity contribution in [2.24, 2.45) is 0 Å². The van der Waals surface area contributed by atoms with E-state index in [0.717, 1.165) is 10.5 Å². The number of anilines is 2. The van der Waals surface area contributed by atoms with Crippen LogP contribution < -0.4 is 10.6 Å². The van der Waals surface area contributed by atoms with E-state index in [1.807, 2.05) is 18.2 Å². The van der Waals surface area contributed by atoms with Crippen LogP contribution in [0.2, 0.25) is 0 Å². The summed E-state index contributed by atoms with van der Waals surface area (Å²) in [4.78, 5) is 26.8. The molecular weight excluding hydrogens is 398 g/mol. The van der Waals surface area contributed by atoms with E-state index < -0.39 is 23.4 Å². The Kier molecular flexibility index (Phi) is 5.62. The molecule has 0 radical (unpaired) electrons. The standard InChI is InChI=1S/C22H27N5O4/c1-21(2,3)30-19(28)27(20(29)31-22(4,5)6)18-17-16(8-7-13-26(17)25-24-18)14-9-11-15(23)12-10-14/h7-13H,23H2,1-6H3. The summed E-state index contributed by atoms with van der Waals surface area (Å²) in [5.41, 5.74) is 6.74. The third-order valence-corrected chi connectivity index (χ3v) is 4.01. The number of ether oxygens (including phenoxy) is 2. The first-order valence-corrected chi connectivity index (χ1v) is 9.82. The van der Waals surface area contributed by atoms with E-state index in [4.69, 9.17) is 15.2 Å². The fourth-order valence-electron chi connectivity index (χ4n) is 2.84. The van der Waals surface area contributed by atoms with E-state index in [9.17, 15) is 9.59 Å². The minimum atomic E-state index is -0.906. The summed E-state index contributed by atoms with van der Waals surface area (Å²) in [5.74, 6) is 0.0101. The Balaban J connectivity index is 2.18. The lowest BCUT2D eigenvalue weighted by molar-refractivity contribution is 0.0429. The maximum absolute atomic E-state index is 13.0. The van der Waals surface area contributed by atoms with Gasteiger partial charge in [0.2, 0.25) is 0 Å².